The molecule has 1 heterocycles. The first-order chi connectivity index (χ1) is 8.97. The van der Waals surface area contributed by atoms with E-state index >= 15 is 0 Å². The maximum absolute atomic E-state index is 11.9. The molecule has 1 fully saturated rings. The van der Waals surface area contributed by atoms with Gasteiger partial charge in [-0.25, -0.2) is 4.79 Å². The third kappa shape index (κ3) is 3.37. The molecule has 1 aliphatic carbocycles. The molecule has 6 heteroatoms. The number of urea groups is 1. The number of pyridine rings is 1. The zero-order valence-corrected chi connectivity index (χ0v) is 12.7. The van der Waals surface area contributed by atoms with Gasteiger partial charge in [-0.05, 0) is 41.6 Å². The van der Waals surface area contributed by atoms with Crippen molar-refractivity contribution in [2.24, 2.45) is 13.0 Å². The quantitative estimate of drug-likeness (QED) is 0.895. The van der Waals surface area contributed by atoms with Gasteiger partial charge < -0.3 is 15.2 Å². The molecule has 2 amide bonds. The molecule has 2 rings (SSSR count). The van der Waals surface area contributed by atoms with Crippen LogP contribution in [-0.4, -0.2) is 16.6 Å². The lowest BCUT2D eigenvalue weighted by Gasteiger charge is -2.31. The van der Waals surface area contributed by atoms with Gasteiger partial charge in [0.05, 0.1) is 10.2 Å². The van der Waals surface area contributed by atoms with Gasteiger partial charge in [-0.2, -0.15) is 0 Å². The van der Waals surface area contributed by atoms with Crippen LogP contribution in [0.4, 0.5) is 10.5 Å². The van der Waals surface area contributed by atoms with Crippen LogP contribution in [0.2, 0.25) is 0 Å². The highest BCUT2D eigenvalue weighted by molar-refractivity contribution is 9.10. The van der Waals surface area contributed by atoms with Crippen LogP contribution in [0.5, 0.6) is 0 Å². The molecule has 104 valence electrons. The molecule has 0 radical (unpaired) electrons. The second kappa shape index (κ2) is 5.77. The summed E-state index contributed by atoms with van der Waals surface area (Å²) in [5, 5.41) is 5.61. The molecular weight excluding hydrogens is 310 g/mol. The standard InChI is InChI=1S/C13H18BrN3O2/c1-8(9-4-3-5-9)15-13(19)16-11-6-12(18)17(2)7-10(11)14/h6-9H,3-5H2,1-2H3,(H2,15,16,19). The van der Waals surface area contributed by atoms with Crippen molar-refractivity contribution in [1.82, 2.24) is 9.88 Å². The van der Waals surface area contributed by atoms with Gasteiger partial charge in [-0.1, -0.05) is 6.42 Å². The Morgan fingerprint density at radius 2 is 2.21 bits per heavy atom. The third-order valence-corrected chi connectivity index (χ3v) is 4.28. The Hall–Kier alpha value is -1.30. The van der Waals surface area contributed by atoms with Crippen molar-refractivity contribution in [3.05, 3.63) is 27.1 Å². The van der Waals surface area contributed by atoms with E-state index in [1.165, 1.54) is 29.9 Å². The Kier molecular flexibility index (Phi) is 4.29. The summed E-state index contributed by atoms with van der Waals surface area (Å²) in [7, 11) is 1.66. The summed E-state index contributed by atoms with van der Waals surface area (Å²) >= 11 is 3.33. The molecule has 1 aromatic heterocycles. The van der Waals surface area contributed by atoms with Crippen LogP contribution >= 0.6 is 15.9 Å². The fraction of sp³-hybridized carbons (Fsp3) is 0.538. The van der Waals surface area contributed by atoms with E-state index in [0.29, 0.717) is 16.1 Å². The molecule has 1 atom stereocenters. The van der Waals surface area contributed by atoms with Gasteiger partial charge in [0.25, 0.3) is 5.56 Å². The van der Waals surface area contributed by atoms with Crippen LogP contribution in [0, 0.1) is 5.92 Å². The van der Waals surface area contributed by atoms with Crippen molar-refractivity contribution in [3.63, 3.8) is 0 Å². The Balaban J connectivity index is 1.98. The van der Waals surface area contributed by atoms with E-state index in [0.717, 1.165) is 0 Å². The first-order valence-electron chi connectivity index (χ1n) is 6.41. The van der Waals surface area contributed by atoms with E-state index in [2.05, 4.69) is 26.6 Å². The average Bonchev–Trinajstić information content (AvgIpc) is 2.23. The monoisotopic (exact) mass is 327 g/mol. The number of aryl methyl sites for hydroxylation is 1. The summed E-state index contributed by atoms with van der Waals surface area (Å²) in [5.41, 5.74) is 0.326. The van der Waals surface area contributed by atoms with E-state index in [-0.39, 0.29) is 17.6 Å². The summed E-state index contributed by atoms with van der Waals surface area (Å²) in [4.78, 5) is 23.4. The van der Waals surface area contributed by atoms with Crippen LogP contribution in [0.25, 0.3) is 0 Å². The number of amides is 2. The van der Waals surface area contributed by atoms with E-state index in [1.54, 1.807) is 13.2 Å². The number of nitrogens with zero attached hydrogens (tertiary/aromatic N) is 1. The minimum Gasteiger partial charge on any atom is -0.335 e. The van der Waals surface area contributed by atoms with Gasteiger partial charge in [0.15, 0.2) is 0 Å². The van der Waals surface area contributed by atoms with Gasteiger partial charge in [-0.15, -0.1) is 0 Å². The predicted octanol–water partition coefficient (Wildman–Crippen LogP) is 2.46. The maximum atomic E-state index is 11.9. The normalized spacial score (nSPS) is 16.6. The van der Waals surface area contributed by atoms with E-state index in [1.807, 2.05) is 6.92 Å². The Labute approximate surface area is 120 Å². The first kappa shape index (κ1) is 14.1. The highest BCUT2D eigenvalue weighted by atomic mass is 79.9. The number of carbonyl (C=O) groups is 1. The Bertz CT molecular complexity index is 537. The molecule has 0 aliphatic heterocycles. The van der Waals surface area contributed by atoms with Gasteiger partial charge in [0.2, 0.25) is 0 Å². The van der Waals surface area contributed by atoms with Crippen molar-refractivity contribution < 1.29 is 4.79 Å². The van der Waals surface area contributed by atoms with Gasteiger partial charge in [-0.3, -0.25) is 4.79 Å². The fourth-order valence-electron chi connectivity index (χ4n) is 2.12. The number of hydrogen-bond acceptors (Lipinski definition) is 2. The first-order valence-corrected chi connectivity index (χ1v) is 7.20. The van der Waals surface area contributed by atoms with Crippen molar-refractivity contribution >= 4 is 27.6 Å². The molecular formula is C13H18BrN3O2. The number of carbonyl (C=O) groups excluding carboxylic acids is 1. The van der Waals surface area contributed by atoms with Crippen LogP contribution in [0.1, 0.15) is 26.2 Å². The number of rotatable bonds is 3. The number of halogens is 1. The topological polar surface area (TPSA) is 63.1 Å². The van der Waals surface area contributed by atoms with Crippen molar-refractivity contribution in [2.45, 2.75) is 32.2 Å². The summed E-state index contributed by atoms with van der Waals surface area (Å²) in [5.74, 6) is 0.581. The minimum absolute atomic E-state index is 0.162. The molecule has 1 aliphatic rings. The molecule has 0 saturated heterocycles. The number of nitrogens with one attached hydrogen (secondary N) is 2. The molecule has 0 aromatic carbocycles. The second-order valence-electron chi connectivity index (χ2n) is 5.06. The Morgan fingerprint density at radius 3 is 2.79 bits per heavy atom. The number of anilines is 1. The van der Waals surface area contributed by atoms with Crippen molar-refractivity contribution in [3.8, 4) is 0 Å². The molecule has 1 unspecified atom stereocenters. The number of aromatic nitrogens is 1. The molecule has 5 nitrogen and oxygen atoms in total. The minimum atomic E-state index is -0.270. The van der Waals surface area contributed by atoms with Gasteiger partial charge in [0, 0.05) is 25.4 Å². The smallest absolute Gasteiger partial charge is 0.319 e. The lowest BCUT2D eigenvalue weighted by Crippen LogP contribution is -2.42. The third-order valence-electron chi connectivity index (χ3n) is 3.64. The van der Waals surface area contributed by atoms with E-state index in [4.69, 9.17) is 0 Å². The van der Waals surface area contributed by atoms with Crippen LogP contribution in [-0.2, 0) is 7.05 Å². The van der Waals surface area contributed by atoms with Crippen molar-refractivity contribution in [2.75, 3.05) is 5.32 Å². The van der Waals surface area contributed by atoms with E-state index in [9.17, 15) is 9.59 Å². The lowest BCUT2D eigenvalue weighted by molar-refractivity contribution is 0.222. The molecule has 1 aromatic rings. The highest BCUT2D eigenvalue weighted by Crippen LogP contribution is 2.29. The predicted molar refractivity (Wildman–Crippen MR) is 78.3 cm³/mol. The fourth-order valence-corrected chi connectivity index (χ4v) is 2.64. The average molecular weight is 328 g/mol. The molecule has 2 N–H and O–H groups in total. The summed E-state index contributed by atoms with van der Waals surface area (Å²) in [6.07, 6.45) is 5.24. The van der Waals surface area contributed by atoms with Crippen LogP contribution in [0.15, 0.2) is 21.5 Å². The zero-order valence-electron chi connectivity index (χ0n) is 11.1. The number of hydrogen-bond donors (Lipinski definition) is 2. The lowest BCUT2D eigenvalue weighted by atomic mass is 9.80. The summed E-state index contributed by atoms with van der Waals surface area (Å²) in [6, 6.07) is 1.30. The largest absolute Gasteiger partial charge is 0.335 e. The molecule has 1 saturated carbocycles. The molecule has 0 spiro atoms. The summed E-state index contributed by atoms with van der Waals surface area (Å²) in [6.45, 7) is 2.02. The Morgan fingerprint density at radius 1 is 1.53 bits per heavy atom. The van der Waals surface area contributed by atoms with Crippen LogP contribution in [0.3, 0.4) is 0 Å². The van der Waals surface area contributed by atoms with Gasteiger partial charge in [0.1, 0.15) is 0 Å². The summed E-state index contributed by atoms with van der Waals surface area (Å²) < 4.78 is 2.13. The second-order valence-corrected chi connectivity index (χ2v) is 5.92. The van der Waals surface area contributed by atoms with Crippen LogP contribution < -0.4 is 16.2 Å². The highest BCUT2D eigenvalue weighted by Gasteiger charge is 2.25. The SMILES string of the molecule is CC(NC(=O)Nc1cc(=O)n(C)cc1Br)C1CCC1. The maximum Gasteiger partial charge on any atom is 0.319 e. The van der Waals surface area contributed by atoms with Gasteiger partial charge >= 0.3 is 6.03 Å². The molecule has 0 bridgehead atoms. The molecule has 19 heavy (non-hydrogen) atoms. The zero-order chi connectivity index (χ0) is 14.0. The van der Waals surface area contributed by atoms with Crippen molar-refractivity contribution in [1.29, 1.82) is 0 Å². The van der Waals surface area contributed by atoms with E-state index < -0.39 is 0 Å².